The van der Waals surface area contributed by atoms with E-state index in [0.717, 1.165) is 47.9 Å². The molecule has 0 aliphatic carbocycles. The number of hydrogen-bond acceptors (Lipinski definition) is 4. The maximum absolute atomic E-state index is 10.6. The molecule has 2 aromatic rings. The first-order chi connectivity index (χ1) is 14.8. The number of benzene rings is 2. The third-order valence-electron chi connectivity index (χ3n) is 5.40. The topological polar surface area (TPSA) is 65.2 Å². The van der Waals surface area contributed by atoms with Crippen LogP contribution in [0.3, 0.4) is 0 Å². The maximum Gasteiger partial charge on any atom is 0.129 e. The summed E-state index contributed by atoms with van der Waals surface area (Å²) in [6.07, 6.45) is 7.47. The summed E-state index contributed by atoms with van der Waals surface area (Å²) in [5, 5.41) is 21.2. The summed E-state index contributed by atoms with van der Waals surface area (Å²) in [6, 6.07) is 8.20. The second-order valence-electron chi connectivity index (χ2n) is 8.82. The summed E-state index contributed by atoms with van der Waals surface area (Å²) in [6.45, 7) is 12.9. The van der Waals surface area contributed by atoms with Crippen LogP contribution in [0.5, 0.6) is 11.5 Å². The van der Waals surface area contributed by atoms with Gasteiger partial charge in [0.1, 0.15) is 18.2 Å². The molecular formula is C27H38N2O2. The van der Waals surface area contributed by atoms with E-state index < -0.39 is 0 Å². The highest BCUT2D eigenvalue weighted by atomic mass is 16.3. The summed E-state index contributed by atoms with van der Waals surface area (Å²) in [4.78, 5) is 8.80. The molecule has 0 atom stereocenters. The molecule has 2 N–H and O–H groups in total. The predicted octanol–water partition coefficient (Wildman–Crippen LogP) is 6.75. The fraction of sp³-hybridized carbons (Fsp3) is 0.481. The number of aromatic hydroxyl groups is 2. The zero-order valence-electron chi connectivity index (χ0n) is 19.9. The Balaban J connectivity index is 2.21. The quantitative estimate of drug-likeness (QED) is 0.416. The number of rotatable bonds is 10. The molecule has 168 valence electrons. The minimum Gasteiger partial charge on any atom is -0.507 e. The van der Waals surface area contributed by atoms with Gasteiger partial charge in [-0.2, -0.15) is 0 Å². The zero-order chi connectivity index (χ0) is 23.0. The second-order valence-corrected chi connectivity index (χ2v) is 8.82. The molecule has 4 nitrogen and oxygen atoms in total. The van der Waals surface area contributed by atoms with Crippen LogP contribution in [0, 0.1) is 0 Å². The average molecular weight is 423 g/mol. The third kappa shape index (κ3) is 6.68. The summed E-state index contributed by atoms with van der Waals surface area (Å²) < 4.78 is 0. The van der Waals surface area contributed by atoms with Crippen LogP contribution in [0.25, 0.3) is 0 Å². The van der Waals surface area contributed by atoms with Gasteiger partial charge in [-0.05, 0) is 59.1 Å². The maximum atomic E-state index is 10.6. The predicted molar refractivity (Wildman–Crippen MR) is 132 cm³/mol. The van der Waals surface area contributed by atoms with Crippen LogP contribution in [0.1, 0.15) is 99.6 Å². The molecule has 0 saturated heterocycles. The van der Waals surface area contributed by atoms with E-state index in [0.29, 0.717) is 11.5 Å². The van der Waals surface area contributed by atoms with E-state index >= 15 is 0 Å². The fourth-order valence-electron chi connectivity index (χ4n) is 3.76. The van der Waals surface area contributed by atoms with Crippen molar-refractivity contribution >= 4 is 12.4 Å². The molecule has 4 heteroatoms. The Kier molecular flexibility index (Phi) is 9.29. The molecule has 31 heavy (non-hydrogen) atoms. The number of aliphatic imine (C=N–C) groups is 2. The Morgan fingerprint density at radius 1 is 0.710 bits per heavy atom. The highest BCUT2D eigenvalue weighted by Gasteiger charge is 2.12. The van der Waals surface area contributed by atoms with E-state index in [1.165, 1.54) is 11.1 Å². The van der Waals surface area contributed by atoms with Crippen molar-refractivity contribution in [2.24, 2.45) is 9.98 Å². The summed E-state index contributed by atoms with van der Waals surface area (Å²) in [5.74, 6) is 1.09. The van der Waals surface area contributed by atoms with Gasteiger partial charge in [0, 0.05) is 23.6 Å². The van der Waals surface area contributed by atoms with Crippen molar-refractivity contribution in [1.29, 1.82) is 0 Å². The van der Waals surface area contributed by atoms with Gasteiger partial charge in [-0.1, -0.05) is 66.5 Å². The van der Waals surface area contributed by atoms with Crippen LogP contribution >= 0.6 is 0 Å². The van der Waals surface area contributed by atoms with Gasteiger partial charge in [-0.15, -0.1) is 0 Å². The van der Waals surface area contributed by atoms with Gasteiger partial charge in [0.25, 0.3) is 0 Å². The van der Waals surface area contributed by atoms with Crippen molar-refractivity contribution in [3.8, 4) is 11.5 Å². The van der Waals surface area contributed by atoms with Crippen LogP contribution in [0.2, 0.25) is 0 Å². The van der Waals surface area contributed by atoms with Crippen LogP contribution < -0.4 is 0 Å². The van der Waals surface area contributed by atoms with Gasteiger partial charge in [0.2, 0.25) is 0 Å². The van der Waals surface area contributed by atoms with Crippen molar-refractivity contribution in [1.82, 2.24) is 0 Å². The molecule has 0 amide bonds. The monoisotopic (exact) mass is 422 g/mol. The van der Waals surface area contributed by atoms with Crippen molar-refractivity contribution in [2.45, 2.75) is 79.1 Å². The molecule has 0 aliphatic rings. The molecule has 0 aromatic heterocycles. The number of phenols is 2. The van der Waals surface area contributed by atoms with E-state index in [4.69, 9.17) is 0 Å². The Labute approximate surface area is 187 Å². The van der Waals surface area contributed by atoms with Crippen LogP contribution in [-0.2, 0) is 12.8 Å². The van der Waals surface area contributed by atoms with Crippen LogP contribution in [-0.4, -0.2) is 29.3 Å². The Morgan fingerprint density at radius 2 is 1.10 bits per heavy atom. The van der Waals surface area contributed by atoms with E-state index in [9.17, 15) is 10.2 Å². The zero-order valence-corrected chi connectivity index (χ0v) is 19.9. The number of aryl methyl sites for hydroxylation is 2. The average Bonchev–Trinajstić information content (AvgIpc) is 2.71. The third-order valence-corrected chi connectivity index (χ3v) is 5.40. The Bertz CT molecular complexity index is 852. The Hall–Kier alpha value is -2.62. The van der Waals surface area contributed by atoms with E-state index in [2.05, 4.69) is 63.7 Å². The molecule has 0 fully saturated rings. The molecule has 2 aromatic carbocycles. The lowest BCUT2D eigenvalue weighted by molar-refractivity contribution is 0.463. The highest BCUT2D eigenvalue weighted by molar-refractivity contribution is 5.86. The molecule has 0 heterocycles. The fourth-order valence-corrected chi connectivity index (χ4v) is 3.76. The van der Waals surface area contributed by atoms with E-state index in [1.807, 2.05) is 12.1 Å². The first-order valence-corrected chi connectivity index (χ1v) is 11.5. The van der Waals surface area contributed by atoms with Crippen LogP contribution in [0.4, 0.5) is 0 Å². The first-order valence-electron chi connectivity index (χ1n) is 11.5. The normalized spacial score (nSPS) is 12.1. The second kappa shape index (κ2) is 11.7. The van der Waals surface area contributed by atoms with Gasteiger partial charge in [-0.3, -0.25) is 9.98 Å². The van der Waals surface area contributed by atoms with Crippen molar-refractivity contribution in [2.75, 3.05) is 6.67 Å². The SMILES string of the molecule is CCCc1cc(C=NCN=Cc2cc(CCC)cc(C(C)C)c2O)c(O)c(C(C)C)c1. The van der Waals surface area contributed by atoms with Crippen LogP contribution in [0.15, 0.2) is 34.3 Å². The molecule has 0 spiro atoms. The summed E-state index contributed by atoms with van der Waals surface area (Å²) >= 11 is 0. The minimum absolute atomic E-state index is 0.239. The minimum atomic E-state index is 0.239. The van der Waals surface area contributed by atoms with Gasteiger partial charge >= 0.3 is 0 Å². The highest BCUT2D eigenvalue weighted by Crippen LogP contribution is 2.31. The number of hydrogen-bond donors (Lipinski definition) is 2. The molecule has 2 rings (SSSR count). The Morgan fingerprint density at radius 3 is 1.42 bits per heavy atom. The van der Waals surface area contributed by atoms with Gasteiger partial charge in [0.05, 0.1) is 0 Å². The number of nitrogens with zero attached hydrogens (tertiary/aromatic N) is 2. The summed E-state index contributed by atoms with van der Waals surface area (Å²) in [7, 11) is 0. The smallest absolute Gasteiger partial charge is 0.129 e. The standard InChI is InChI=1S/C27H38N2O2/c1-7-9-20-11-22(26(30)24(13-20)18(3)4)15-28-17-29-16-23-12-21(10-8-2)14-25(19(5)6)27(23)31/h11-16,18-19,30-31H,7-10,17H2,1-6H3. The summed E-state index contributed by atoms with van der Waals surface area (Å²) in [5.41, 5.74) is 5.81. The lowest BCUT2D eigenvalue weighted by Gasteiger charge is -2.13. The molecular weight excluding hydrogens is 384 g/mol. The van der Waals surface area contributed by atoms with Crippen molar-refractivity contribution < 1.29 is 10.2 Å². The van der Waals surface area contributed by atoms with Crippen molar-refractivity contribution in [3.05, 3.63) is 57.6 Å². The molecule has 0 radical (unpaired) electrons. The van der Waals surface area contributed by atoms with Gasteiger partial charge in [0.15, 0.2) is 0 Å². The van der Waals surface area contributed by atoms with E-state index in [1.54, 1.807) is 12.4 Å². The van der Waals surface area contributed by atoms with Gasteiger partial charge < -0.3 is 10.2 Å². The number of phenolic OH excluding ortho intramolecular Hbond substituents is 2. The molecule has 0 bridgehead atoms. The molecule has 0 saturated carbocycles. The lowest BCUT2D eigenvalue weighted by atomic mass is 9.95. The molecule has 0 unspecified atom stereocenters. The molecule has 0 aliphatic heterocycles. The van der Waals surface area contributed by atoms with E-state index in [-0.39, 0.29) is 18.5 Å². The van der Waals surface area contributed by atoms with Crippen molar-refractivity contribution in [3.63, 3.8) is 0 Å². The largest absolute Gasteiger partial charge is 0.507 e. The first kappa shape index (κ1) is 24.6. The van der Waals surface area contributed by atoms with Gasteiger partial charge in [-0.25, -0.2) is 0 Å². The lowest BCUT2D eigenvalue weighted by Crippen LogP contribution is -1.98.